The minimum Gasteiger partial charge on any atom is -0.493 e. The fourth-order valence-corrected chi connectivity index (χ4v) is 3.67. The van der Waals surface area contributed by atoms with E-state index in [1.54, 1.807) is 27.4 Å². The van der Waals surface area contributed by atoms with E-state index in [4.69, 9.17) is 24.9 Å². The highest BCUT2D eigenvalue weighted by atomic mass is 16.5. The van der Waals surface area contributed by atoms with Gasteiger partial charge in [0.1, 0.15) is 5.82 Å². The molecule has 7 heteroatoms. The van der Waals surface area contributed by atoms with E-state index in [1.807, 2.05) is 24.3 Å². The summed E-state index contributed by atoms with van der Waals surface area (Å²) in [6, 6.07) is 9.50. The van der Waals surface area contributed by atoms with Crippen LogP contribution in [0.5, 0.6) is 17.2 Å². The number of hydrogen-bond donors (Lipinski definition) is 1. The van der Waals surface area contributed by atoms with Gasteiger partial charge in [-0.2, -0.15) is 0 Å². The van der Waals surface area contributed by atoms with Gasteiger partial charge in [-0.15, -0.1) is 0 Å². The maximum absolute atomic E-state index is 11.7. The molecule has 0 radical (unpaired) electrons. The second-order valence-corrected chi connectivity index (χ2v) is 6.87. The number of nitrogens with zero attached hydrogens (tertiary/aromatic N) is 2. The average molecular weight is 381 g/mol. The molecule has 2 N–H and O–H groups in total. The van der Waals surface area contributed by atoms with Gasteiger partial charge in [0.05, 0.1) is 32.4 Å². The van der Waals surface area contributed by atoms with Crippen molar-refractivity contribution >= 4 is 16.9 Å². The van der Waals surface area contributed by atoms with Crippen LogP contribution in [0.25, 0.3) is 22.4 Å². The second-order valence-electron chi connectivity index (χ2n) is 6.87. The monoisotopic (exact) mass is 381 g/mol. The van der Waals surface area contributed by atoms with Gasteiger partial charge >= 0.3 is 0 Å². The van der Waals surface area contributed by atoms with Crippen molar-refractivity contribution in [1.82, 2.24) is 9.55 Å². The predicted octanol–water partition coefficient (Wildman–Crippen LogP) is 3.55. The van der Waals surface area contributed by atoms with E-state index in [1.165, 1.54) is 6.42 Å². The topological polar surface area (TPSA) is 88.6 Å². The lowest BCUT2D eigenvalue weighted by atomic mass is 9.92. The third-order valence-electron chi connectivity index (χ3n) is 5.34. The maximum atomic E-state index is 11.7. The van der Waals surface area contributed by atoms with Gasteiger partial charge in [0.2, 0.25) is 11.7 Å². The lowest BCUT2D eigenvalue weighted by molar-refractivity contribution is 0.100. The summed E-state index contributed by atoms with van der Waals surface area (Å²) < 4.78 is 18.6. The minimum atomic E-state index is -0.447. The second kappa shape index (κ2) is 7.07. The number of benzene rings is 2. The number of fused-ring (bicyclic) bond motifs is 1. The summed E-state index contributed by atoms with van der Waals surface area (Å²) in [7, 11) is 4.76. The number of hydrogen-bond acceptors (Lipinski definition) is 5. The van der Waals surface area contributed by atoms with E-state index in [9.17, 15) is 4.79 Å². The minimum absolute atomic E-state index is 0.335. The van der Waals surface area contributed by atoms with Crippen LogP contribution < -0.4 is 19.9 Å². The van der Waals surface area contributed by atoms with Crippen LogP contribution in [0.2, 0.25) is 0 Å². The molecule has 146 valence electrons. The molecule has 1 fully saturated rings. The molecule has 0 bridgehead atoms. The smallest absolute Gasteiger partial charge is 0.248 e. The van der Waals surface area contributed by atoms with Gasteiger partial charge in [-0.05, 0) is 49.6 Å². The van der Waals surface area contributed by atoms with Crippen LogP contribution in [0.15, 0.2) is 30.3 Å². The third-order valence-corrected chi connectivity index (χ3v) is 5.34. The molecule has 4 rings (SSSR count). The normalized spacial score (nSPS) is 14.0. The Bertz CT molecular complexity index is 1030. The zero-order valence-electron chi connectivity index (χ0n) is 16.2. The fourth-order valence-electron chi connectivity index (χ4n) is 3.67. The summed E-state index contributed by atoms with van der Waals surface area (Å²) in [5, 5.41) is 0. The molecule has 1 amide bonds. The highest BCUT2D eigenvalue weighted by molar-refractivity contribution is 5.97. The van der Waals surface area contributed by atoms with Crippen molar-refractivity contribution in [1.29, 1.82) is 0 Å². The standard InChI is InChI=1S/C21H23N3O4/c1-26-17-10-13(11-18(27-2)19(17)28-3)21-23-15-8-7-12(20(22)25)9-16(15)24(21)14-5-4-6-14/h7-11,14H,4-6H2,1-3H3,(H2,22,25). The Kier molecular flexibility index (Phi) is 4.58. The number of nitrogens with two attached hydrogens (primary N) is 1. The molecule has 28 heavy (non-hydrogen) atoms. The van der Waals surface area contributed by atoms with E-state index in [0.29, 0.717) is 28.9 Å². The van der Waals surface area contributed by atoms with E-state index >= 15 is 0 Å². The first-order valence-electron chi connectivity index (χ1n) is 9.19. The van der Waals surface area contributed by atoms with Crippen LogP contribution in [0.4, 0.5) is 0 Å². The Balaban J connectivity index is 1.97. The molecule has 0 atom stereocenters. The number of carbonyl (C=O) groups is 1. The van der Waals surface area contributed by atoms with Gasteiger partial charge in [-0.1, -0.05) is 0 Å². The van der Waals surface area contributed by atoms with E-state index in [0.717, 1.165) is 35.3 Å². The molecule has 7 nitrogen and oxygen atoms in total. The number of primary amides is 1. The summed E-state index contributed by atoms with van der Waals surface area (Å²) >= 11 is 0. The van der Waals surface area contributed by atoms with Crippen molar-refractivity contribution in [3.05, 3.63) is 35.9 Å². The Hall–Kier alpha value is -3.22. The van der Waals surface area contributed by atoms with Gasteiger partial charge < -0.3 is 24.5 Å². The van der Waals surface area contributed by atoms with Crippen LogP contribution in [0.1, 0.15) is 35.7 Å². The number of carbonyl (C=O) groups excluding carboxylic acids is 1. The summed E-state index contributed by atoms with van der Waals surface area (Å²) in [6.45, 7) is 0. The summed E-state index contributed by atoms with van der Waals surface area (Å²) in [4.78, 5) is 16.5. The fraction of sp³-hybridized carbons (Fsp3) is 0.333. The molecule has 2 aromatic carbocycles. The van der Waals surface area contributed by atoms with Gasteiger partial charge in [0, 0.05) is 17.2 Å². The SMILES string of the molecule is COc1cc(-c2nc3ccc(C(N)=O)cc3n2C2CCC2)cc(OC)c1OC. The largest absolute Gasteiger partial charge is 0.493 e. The Morgan fingerprint density at radius 3 is 2.25 bits per heavy atom. The van der Waals surface area contributed by atoms with Gasteiger partial charge in [-0.3, -0.25) is 4.79 Å². The first-order valence-corrected chi connectivity index (χ1v) is 9.19. The van der Waals surface area contributed by atoms with Crippen molar-refractivity contribution in [3.8, 4) is 28.6 Å². The lowest BCUT2D eigenvalue weighted by Crippen LogP contribution is -2.18. The van der Waals surface area contributed by atoms with Crippen LogP contribution in [0.3, 0.4) is 0 Å². The zero-order chi connectivity index (χ0) is 19.8. The van der Waals surface area contributed by atoms with Crippen molar-refractivity contribution < 1.29 is 19.0 Å². The van der Waals surface area contributed by atoms with E-state index < -0.39 is 5.91 Å². The van der Waals surface area contributed by atoms with Gasteiger partial charge in [0.25, 0.3) is 0 Å². The predicted molar refractivity (Wildman–Crippen MR) is 106 cm³/mol. The quantitative estimate of drug-likeness (QED) is 0.705. The number of methoxy groups -OCH3 is 3. The van der Waals surface area contributed by atoms with Gasteiger partial charge in [-0.25, -0.2) is 4.98 Å². The molecule has 0 unspecified atom stereocenters. The maximum Gasteiger partial charge on any atom is 0.248 e. The summed E-state index contributed by atoms with van der Waals surface area (Å²) in [5.41, 5.74) is 8.55. The van der Waals surface area contributed by atoms with Crippen LogP contribution in [0, 0.1) is 0 Å². The molecule has 1 aliphatic carbocycles. The number of rotatable bonds is 6. The van der Waals surface area contributed by atoms with Gasteiger partial charge in [0.15, 0.2) is 11.5 Å². The number of ether oxygens (including phenoxy) is 3. The lowest BCUT2D eigenvalue weighted by Gasteiger charge is -2.29. The molecule has 0 aliphatic heterocycles. The molecule has 0 saturated heterocycles. The van der Waals surface area contributed by atoms with Crippen molar-refractivity contribution in [3.63, 3.8) is 0 Å². The van der Waals surface area contributed by atoms with E-state index in [2.05, 4.69) is 4.57 Å². The molecular formula is C21H23N3O4. The molecule has 1 saturated carbocycles. The van der Waals surface area contributed by atoms with Crippen molar-refractivity contribution in [2.75, 3.05) is 21.3 Å². The molecule has 1 aliphatic rings. The molecule has 0 spiro atoms. The number of aromatic nitrogens is 2. The highest BCUT2D eigenvalue weighted by Gasteiger charge is 2.27. The molecule has 1 heterocycles. The molecule has 3 aromatic rings. The number of amides is 1. The average Bonchev–Trinajstić information content (AvgIpc) is 3.03. The van der Waals surface area contributed by atoms with Crippen LogP contribution in [-0.2, 0) is 0 Å². The molecular weight excluding hydrogens is 358 g/mol. The van der Waals surface area contributed by atoms with Crippen LogP contribution >= 0.6 is 0 Å². The Labute approximate surface area is 163 Å². The first-order chi connectivity index (χ1) is 13.6. The van der Waals surface area contributed by atoms with Crippen LogP contribution in [-0.4, -0.2) is 36.8 Å². The third kappa shape index (κ3) is 2.83. The first kappa shape index (κ1) is 18.2. The van der Waals surface area contributed by atoms with E-state index in [-0.39, 0.29) is 0 Å². The Morgan fingerprint density at radius 2 is 1.75 bits per heavy atom. The molecule has 1 aromatic heterocycles. The zero-order valence-corrected chi connectivity index (χ0v) is 16.2. The summed E-state index contributed by atoms with van der Waals surface area (Å²) in [5.74, 6) is 2.04. The van der Waals surface area contributed by atoms with Crippen molar-refractivity contribution in [2.24, 2.45) is 5.73 Å². The summed E-state index contributed by atoms with van der Waals surface area (Å²) in [6.07, 6.45) is 3.32. The number of imidazole rings is 1. The highest BCUT2D eigenvalue weighted by Crippen LogP contribution is 2.44. The van der Waals surface area contributed by atoms with Crippen molar-refractivity contribution in [2.45, 2.75) is 25.3 Å². The Morgan fingerprint density at radius 1 is 1.07 bits per heavy atom.